The highest BCUT2D eigenvalue weighted by Gasteiger charge is 2.55. The number of piperazine rings is 1. The highest BCUT2D eigenvalue weighted by atomic mass is 32.2. The second-order valence-corrected chi connectivity index (χ2v) is 12.6. The van der Waals surface area contributed by atoms with Crippen LogP contribution in [0.5, 0.6) is 11.5 Å². The number of ether oxygens (including phenoxy) is 3. The number of nitrogens with one attached hydrogen (secondary N) is 2. The number of para-hydroxylation sites is 1. The summed E-state index contributed by atoms with van der Waals surface area (Å²) in [6.07, 6.45) is 2.43. The molecule has 3 atom stereocenters. The smallest absolute Gasteiger partial charge is 0.340 e. The lowest BCUT2D eigenvalue weighted by atomic mass is 9.79. The van der Waals surface area contributed by atoms with Crippen LogP contribution in [0.1, 0.15) is 53.7 Å². The van der Waals surface area contributed by atoms with E-state index < -0.39 is 34.3 Å². The third kappa shape index (κ3) is 5.32. The summed E-state index contributed by atoms with van der Waals surface area (Å²) in [5.74, 6) is 0.591. The van der Waals surface area contributed by atoms with Crippen LogP contribution in [-0.2, 0) is 26.2 Å². The summed E-state index contributed by atoms with van der Waals surface area (Å²) in [7, 11) is -0.997. The second kappa shape index (κ2) is 12.0. The number of hydrogen-bond donors (Lipinski definition) is 2. The fourth-order valence-electron chi connectivity index (χ4n) is 6.74. The predicted molar refractivity (Wildman–Crippen MR) is 166 cm³/mol. The van der Waals surface area contributed by atoms with Crippen molar-refractivity contribution < 1.29 is 32.2 Å². The number of hydrogen-bond acceptors (Lipinski definition) is 8. The molecule has 44 heavy (non-hydrogen) atoms. The Balaban J connectivity index is 1.31. The molecule has 1 amide bonds. The fourth-order valence-corrected chi connectivity index (χ4v) is 8.38. The lowest BCUT2D eigenvalue weighted by Gasteiger charge is -2.54. The summed E-state index contributed by atoms with van der Waals surface area (Å²) >= 11 is 0. The van der Waals surface area contributed by atoms with Crippen LogP contribution < -0.4 is 19.5 Å². The second-order valence-electron chi connectivity index (χ2n) is 11.1. The van der Waals surface area contributed by atoms with Crippen molar-refractivity contribution in [1.82, 2.24) is 9.21 Å². The van der Waals surface area contributed by atoms with Crippen molar-refractivity contribution in [3.8, 4) is 11.5 Å². The van der Waals surface area contributed by atoms with E-state index in [1.165, 1.54) is 4.31 Å². The lowest BCUT2D eigenvalue weighted by molar-refractivity contribution is -0.150. The summed E-state index contributed by atoms with van der Waals surface area (Å²) in [5.41, 5.74) is 3.62. The average Bonchev–Trinajstić information content (AvgIpc) is 3.02. The Hall–Kier alpha value is -4.29. The Morgan fingerprint density at radius 3 is 2.57 bits per heavy atom. The number of anilines is 3. The Morgan fingerprint density at radius 2 is 1.80 bits per heavy atom. The van der Waals surface area contributed by atoms with E-state index in [1.54, 1.807) is 75.7 Å². The van der Waals surface area contributed by atoms with Crippen LogP contribution >= 0.6 is 0 Å². The number of nitrogens with zero attached hydrogens (tertiary/aromatic N) is 2. The Kier molecular flexibility index (Phi) is 8.12. The van der Waals surface area contributed by atoms with Gasteiger partial charge in [0.15, 0.2) is 0 Å². The molecule has 3 aromatic rings. The molecule has 0 aliphatic carbocycles. The van der Waals surface area contributed by atoms with E-state index in [-0.39, 0.29) is 12.5 Å². The number of rotatable bonds is 9. The molecule has 0 aromatic heterocycles. The number of fused-ring (bicyclic) bond motifs is 6. The first-order chi connectivity index (χ1) is 21.2. The van der Waals surface area contributed by atoms with Gasteiger partial charge in [-0.2, -0.15) is 12.7 Å². The van der Waals surface area contributed by atoms with Gasteiger partial charge in [0.1, 0.15) is 17.5 Å². The third-order valence-corrected chi connectivity index (χ3v) is 10.1. The quantitative estimate of drug-likeness (QED) is 0.332. The zero-order valence-electron chi connectivity index (χ0n) is 24.9. The maximum Gasteiger partial charge on any atom is 0.340 e. The van der Waals surface area contributed by atoms with Gasteiger partial charge in [0.2, 0.25) is 5.91 Å². The van der Waals surface area contributed by atoms with Crippen LogP contribution in [0.2, 0.25) is 0 Å². The fraction of sp³-hybridized carbons (Fsp3) is 0.375. The van der Waals surface area contributed by atoms with Crippen LogP contribution in [0.25, 0.3) is 0 Å². The zero-order chi connectivity index (χ0) is 31.0. The van der Waals surface area contributed by atoms with Crippen molar-refractivity contribution in [2.24, 2.45) is 0 Å². The van der Waals surface area contributed by atoms with E-state index in [4.69, 9.17) is 14.2 Å². The number of benzene rings is 3. The Labute approximate surface area is 257 Å². The van der Waals surface area contributed by atoms with Gasteiger partial charge in [-0.25, -0.2) is 4.79 Å². The van der Waals surface area contributed by atoms with Crippen LogP contribution in [0.3, 0.4) is 0 Å². The van der Waals surface area contributed by atoms with E-state index in [2.05, 4.69) is 10.0 Å². The van der Waals surface area contributed by atoms with Gasteiger partial charge >= 0.3 is 16.2 Å². The molecule has 3 heterocycles. The largest absolute Gasteiger partial charge is 0.497 e. The molecule has 232 valence electrons. The first-order valence-corrected chi connectivity index (χ1v) is 16.2. The van der Waals surface area contributed by atoms with Gasteiger partial charge in [-0.3, -0.25) is 9.52 Å². The van der Waals surface area contributed by atoms with Crippen molar-refractivity contribution in [2.75, 3.05) is 37.4 Å². The molecule has 3 unspecified atom stereocenters. The molecule has 2 fully saturated rings. The maximum absolute atomic E-state index is 14.2. The number of esters is 1. The monoisotopic (exact) mass is 620 g/mol. The highest BCUT2D eigenvalue weighted by molar-refractivity contribution is 7.90. The minimum Gasteiger partial charge on any atom is -0.497 e. The number of piperidine rings is 1. The zero-order valence-corrected chi connectivity index (χ0v) is 25.7. The maximum atomic E-state index is 14.2. The van der Waals surface area contributed by atoms with E-state index in [0.717, 1.165) is 17.5 Å². The first kappa shape index (κ1) is 29.8. The summed E-state index contributed by atoms with van der Waals surface area (Å²) in [6, 6.07) is 15.8. The summed E-state index contributed by atoms with van der Waals surface area (Å²) in [5, 5.41) is 3.20. The van der Waals surface area contributed by atoms with E-state index in [1.807, 2.05) is 11.0 Å². The normalized spacial score (nSPS) is 21.1. The van der Waals surface area contributed by atoms with E-state index in [0.29, 0.717) is 59.9 Å². The van der Waals surface area contributed by atoms with Gasteiger partial charge in [0.25, 0.3) is 0 Å². The minimum atomic E-state index is -4.16. The minimum absolute atomic E-state index is 0.189. The molecule has 3 aliphatic rings. The molecule has 3 aromatic carbocycles. The molecule has 6 rings (SSSR count). The summed E-state index contributed by atoms with van der Waals surface area (Å²) in [4.78, 5) is 28.2. The van der Waals surface area contributed by atoms with E-state index >= 15 is 0 Å². The molecule has 12 heteroatoms. The van der Waals surface area contributed by atoms with Gasteiger partial charge in [-0.05, 0) is 74.6 Å². The lowest BCUT2D eigenvalue weighted by Crippen LogP contribution is -2.67. The standard InChI is InChI=1S/C32H36N4O7S/c1-4-43-32(38)24-11-5-6-12-25(24)33-21-9-7-10-22(18-21)34-44(39,40)36-26-13-8-14-27(36)31(37)35-16-15-20-17-23(41-2)19-28(42-3)29(20)30(26)35/h5-7,9-12,17-19,26-27,30,33-34H,4,8,13-16H2,1-3H3. The number of methoxy groups -OCH3 is 2. The number of amides is 1. The van der Waals surface area contributed by atoms with Crippen molar-refractivity contribution in [2.45, 2.75) is 50.7 Å². The number of carbonyl (C=O) groups excluding carboxylic acids is 2. The first-order valence-electron chi connectivity index (χ1n) is 14.8. The molecule has 2 saturated heterocycles. The van der Waals surface area contributed by atoms with Gasteiger partial charge in [-0.15, -0.1) is 0 Å². The van der Waals surface area contributed by atoms with Crippen molar-refractivity contribution >= 4 is 39.1 Å². The predicted octanol–water partition coefficient (Wildman–Crippen LogP) is 4.64. The van der Waals surface area contributed by atoms with Gasteiger partial charge in [-0.1, -0.05) is 18.2 Å². The molecule has 0 radical (unpaired) electrons. The topological polar surface area (TPSA) is 127 Å². The summed E-state index contributed by atoms with van der Waals surface area (Å²) in [6.45, 7) is 2.49. The van der Waals surface area contributed by atoms with Gasteiger partial charge in [0.05, 0.1) is 49.8 Å². The van der Waals surface area contributed by atoms with Crippen molar-refractivity contribution in [3.05, 3.63) is 77.4 Å². The van der Waals surface area contributed by atoms with Gasteiger partial charge in [0, 0.05) is 23.9 Å². The average molecular weight is 621 g/mol. The molecule has 2 N–H and O–H groups in total. The van der Waals surface area contributed by atoms with Crippen LogP contribution in [0.4, 0.5) is 17.1 Å². The summed E-state index contributed by atoms with van der Waals surface area (Å²) < 4.78 is 48.8. The van der Waals surface area contributed by atoms with Crippen molar-refractivity contribution in [3.63, 3.8) is 0 Å². The Morgan fingerprint density at radius 1 is 1.00 bits per heavy atom. The van der Waals surface area contributed by atoms with Crippen LogP contribution in [-0.4, -0.2) is 69.0 Å². The van der Waals surface area contributed by atoms with Gasteiger partial charge < -0.3 is 24.4 Å². The molecule has 0 spiro atoms. The molecule has 3 aliphatic heterocycles. The highest BCUT2D eigenvalue weighted by Crippen LogP contribution is 2.49. The SMILES string of the molecule is CCOC(=O)c1ccccc1Nc1cccc(NS(=O)(=O)N2C3CCCC2C2c4c(cc(OC)cc4OC)CCN2C3=O)c1. The third-order valence-electron chi connectivity index (χ3n) is 8.54. The molecule has 2 bridgehead atoms. The Bertz CT molecular complexity index is 1680. The van der Waals surface area contributed by atoms with Crippen LogP contribution in [0.15, 0.2) is 60.7 Å². The van der Waals surface area contributed by atoms with Crippen molar-refractivity contribution in [1.29, 1.82) is 0 Å². The number of carbonyl (C=O) groups is 2. The van der Waals surface area contributed by atoms with Crippen LogP contribution in [0, 0.1) is 0 Å². The molecule has 11 nitrogen and oxygen atoms in total. The molecular weight excluding hydrogens is 584 g/mol. The molecular formula is C32H36N4O7S. The van der Waals surface area contributed by atoms with E-state index in [9.17, 15) is 18.0 Å². The molecule has 0 saturated carbocycles.